The average Bonchev–Trinajstić information content (AvgIpc) is 2.40. The van der Waals surface area contributed by atoms with Gasteiger partial charge in [-0.1, -0.05) is 0 Å². The fourth-order valence-corrected chi connectivity index (χ4v) is 3.70. The molecule has 1 aliphatic heterocycles. The van der Waals surface area contributed by atoms with Crippen molar-refractivity contribution in [2.24, 2.45) is 5.92 Å². The van der Waals surface area contributed by atoms with Crippen molar-refractivity contribution >= 4 is 11.8 Å². The molecule has 2 rings (SSSR count). The van der Waals surface area contributed by atoms with Crippen LogP contribution in [0.15, 0.2) is 24.5 Å². The number of hydrogen-bond donors (Lipinski definition) is 1. The molecule has 1 unspecified atom stereocenters. The number of rotatable bonds is 5. The first-order chi connectivity index (χ1) is 8.38. The molecule has 1 fully saturated rings. The van der Waals surface area contributed by atoms with Crippen LogP contribution in [0.4, 0.5) is 0 Å². The molecule has 1 N–H and O–H groups in total. The van der Waals surface area contributed by atoms with Crippen molar-refractivity contribution in [3.63, 3.8) is 0 Å². The van der Waals surface area contributed by atoms with E-state index in [0.717, 1.165) is 12.3 Å². The topological polar surface area (TPSA) is 24.9 Å². The van der Waals surface area contributed by atoms with E-state index in [2.05, 4.69) is 41.2 Å². The summed E-state index contributed by atoms with van der Waals surface area (Å²) in [5.74, 6) is 3.64. The molecule has 1 aromatic heterocycles. The Morgan fingerprint density at radius 3 is 2.71 bits per heavy atom. The minimum Gasteiger partial charge on any atom is -0.317 e. The number of hydrogen-bond acceptors (Lipinski definition) is 3. The van der Waals surface area contributed by atoms with Crippen LogP contribution >= 0.6 is 11.8 Å². The van der Waals surface area contributed by atoms with Gasteiger partial charge in [-0.15, -0.1) is 0 Å². The van der Waals surface area contributed by atoms with Gasteiger partial charge in [-0.05, 0) is 67.9 Å². The number of likely N-dealkylation sites (N-methyl/N-ethyl adjacent to an activating group) is 1. The predicted octanol–water partition coefficient (Wildman–Crippen LogP) is 2.75. The summed E-state index contributed by atoms with van der Waals surface area (Å²) >= 11 is 2.11. The summed E-state index contributed by atoms with van der Waals surface area (Å²) in [5.41, 5.74) is 1.39. The minimum absolute atomic E-state index is 0.616. The Kier molecular flexibility index (Phi) is 5.33. The Morgan fingerprint density at radius 2 is 2.06 bits per heavy atom. The van der Waals surface area contributed by atoms with Gasteiger partial charge in [-0.3, -0.25) is 4.98 Å². The molecule has 1 saturated heterocycles. The largest absolute Gasteiger partial charge is 0.317 e. The number of nitrogens with zero attached hydrogens (tertiary/aromatic N) is 1. The molecule has 0 amide bonds. The lowest BCUT2D eigenvalue weighted by molar-refractivity contribution is 0.376. The van der Waals surface area contributed by atoms with E-state index in [0.29, 0.717) is 6.04 Å². The van der Waals surface area contributed by atoms with Crippen LogP contribution in [0.25, 0.3) is 0 Å². The highest BCUT2D eigenvalue weighted by molar-refractivity contribution is 7.99. The summed E-state index contributed by atoms with van der Waals surface area (Å²) in [6, 6.07) is 4.87. The lowest BCUT2D eigenvalue weighted by Crippen LogP contribution is -2.31. The van der Waals surface area contributed by atoms with Gasteiger partial charge in [0.05, 0.1) is 0 Å². The molecule has 3 heteroatoms. The van der Waals surface area contributed by atoms with E-state index in [4.69, 9.17) is 0 Å². The van der Waals surface area contributed by atoms with Crippen LogP contribution in [0.1, 0.15) is 24.8 Å². The normalized spacial score (nSPS) is 19.1. The maximum absolute atomic E-state index is 4.07. The summed E-state index contributed by atoms with van der Waals surface area (Å²) in [7, 11) is 2.09. The van der Waals surface area contributed by atoms with Crippen molar-refractivity contribution < 1.29 is 0 Å². The van der Waals surface area contributed by atoms with Gasteiger partial charge in [0, 0.05) is 18.4 Å². The van der Waals surface area contributed by atoms with Crippen molar-refractivity contribution in [3.05, 3.63) is 30.1 Å². The van der Waals surface area contributed by atoms with E-state index in [1.54, 1.807) is 0 Å². The van der Waals surface area contributed by atoms with E-state index >= 15 is 0 Å². The number of pyridine rings is 1. The van der Waals surface area contributed by atoms with E-state index < -0.39 is 0 Å². The van der Waals surface area contributed by atoms with Gasteiger partial charge in [0.1, 0.15) is 0 Å². The molecule has 94 valence electrons. The third kappa shape index (κ3) is 4.32. The highest BCUT2D eigenvalue weighted by Gasteiger charge is 2.18. The summed E-state index contributed by atoms with van der Waals surface area (Å²) in [4.78, 5) is 4.07. The van der Waals surface area contributed by atoms with Crippen LogP contribution in [-0.2, 0) is 6.42 Å². The van der Waals surface area contributed by atoms with Gasteiger partial charge in [0.2, 0.25) is 0 Å². The highest BCUT2D eigenvalue weighted by Crippen LogP contribution is 2.26. The standard InChI is InChI=1S/C14H22N2S/c1-15-14(10-12-2-6-16-7-3-12)11-13-4-8-17-9-5-13/h2-3,6-7,13-15H,4-5,8-11H2,1H3. The van der Waals surface area contributed by atoms with Crippen molar-refractivity contribution in [1.82, 2.24) is 10.3 Å². The highest BCUT2D eigenvalue weighted by atomic mass is 32.2. The summed E-state index contributed by atoms with van der Waals surface area (Å²) in [6.45, 7) is 0. The van der Waals surface area contributed by atoms with Crippen LogP contribution in [0.2, 0.25) is 0 Å². The Labute approximate surface area is 109 Å². The van der Waals surface area contributed by atoms with Crippen LogP contribution in [0.3, 0.4) is 0 Å². The monoisotopic (exact) mass is 250 g/mol. The SMILES string of the molecule is CNC(Cc1ccncc1)CC1CCSCC1. The summed E-state index contributed by atoms with van der Waals surface area (Å²) in [5, 5.41) is 3.47. The zero-order valence-corrected chi connectivity index (χ0v) is 11.4. The number of thioether (sulfide) groups is 1. The molecular formula is C14H22N2S. The Hall–Kier alpha value is -0.540. The van der Waals surface area contributed by atoms with Crippen molar-refractivity contribution in [2.75, 3.05) is 18.6 Å². The van der Waals surface area contributed by atoms with Crippen molar-refractivity contribution in [1.29, 1.82) is 0 Å². The molecule has 0 aliphatic carbocycles. The molecule has 0 saturated carbocycles. The van der Waals surface area contributed by atoms with Crippen LogP contribution in [0.5, 0.6) is 0 Å². The average molecular weight is 250 g/mol. The van der Waals surface area contributed by atoms with Gasteiger partial charge >= 0.3 is 0 Å². The molecule has 1 atom stereocenters. The van der Waals surface area contributed by atoms with Crippen molar-refractivity contribution in [2.45, 2.75) is 31.7 Å². The first-order valence-corrected chi connectivity index (χ1v) is 7.68. The van der Waals surface area contributed by atoms with Crippen molar-refractivity contribution in [3.8, 4) is 0 Å². The molecule has 0 bridgehead atoms. The third-order valence-electron chi connectivity index (χ3n) is 3.60. The second-order valence-electron chi connectivity index (χ2n) is 4.84. The van der Waals surface area contributed by atoms with E-state index in [-0.39, 0.29) is 0 Å². The first-order valence-electron chi connectivity index (χ1n) is 6.52. The van der Waals surface area contributed by atoms with Gasteiger partial charge in [-0.2, -0.15) is 11.8 Å². The quantitative estimate of drug-likeness (QED) is 0.870. The Morgan fingerprint density at radius 1 is 1.35 bits per heavy atom. The molecule has 0 radical (unpaired) electrons. The summed E-state index contributed by atoms with van der Waals surface area (Å²) < 4.78 is 0. The van der Waals surface area contributed by atoms with Gasteiger partial charge in [0.15, 0.2) is 0 Å². The van der Waals surface area contributed by atoms with E-state index in [1.165, 1.54) is 36.3 Å². The first kappa shape index (κ1) is 12.9. The number of nitrogens with one attached hydrogen (secondary N) is 1. The molecule has 2 heterocycles. The fourth-order valence-electron chi connectivity index (χ4n) is 2.49. The predicted molar refractivity (Wildman–Crippen MR) is 75.5 cm³/mol. The second kappa shape index (κ2) is 7.02. The molecular weight excluding hydrogens is 228 g/mol. The summed E-state index contributed by atoms with van der Waals surface area (Å²) in [6.07, 6.45) is 9.03. The molecule has 17 heavy (non-hydrogen) atoms. The lowest BCUT2D eigenvalue weighted by atomic mass is 9.91. The molecule has 0 aromatic carbocycles. The van der Waals surface area contributed by atoms with E-state index in [1.807, 2.05) is 12.4 Å². The second-order valence-corrected chi connectivity index (χ2v) is 6.06. The van der Waals surface area contributed by atoms with Crippen LogP contribution < -0.4 is 5.32 Å². The maximum Gasteiger partial charge on any atom is 0.0270 e. The Bertz CT molecular complexity index is 309. The van der Waals surface area contributed by atoms with Crippen LogP contribution in [0, 0.1) is 5.92 Å². The molecule has 2 nitrogen and oxygen atoms in total. The molecule has 1 aliphatic rings. The fraction of sp³-hybridized carbons (Fsp3) is 0.643. The van der Waals surface area contributed by atoms with Gasteiger partial charge in [0.25, 0.3) is 0 Å². The third-order valence-corrected chi connectivity index (χ3v) is 4.65. The molecule has 1 aromatic rings. The zero-order chi connectivity index (χ0) is 11.9. The lowest BCUT2D eigenvalue weighted by Gasteiger charge is -2.26. The Balaban J connectivity index is 1.83. The minimum atomic E-state index is 0.616. The number of aromatic nitrogens is 1. The van der Waals surface area contributed by atoms with E-state index in [9.17, 15) is 0 Å². The maximum atomic E-state index is 4.07. The molecule has 0 spiro atoms. The van der Waals surface area contributed by atoms with Gasteiger partial charge in [-0.25, -0.2) is 0 Å². The van der Waals surface area contributed by atoms with Gasteiger partial charge < -0.3 is 5.32 Å². The zero-order valence-electron chi connectivity index (χ0n) is 10.6. The smallest absolute Gasteiger partial charge is 0.0270 e. The van der Waals surface area contributed by atoms with Crippen LogP contribution in [-0.4, -0.2) is 29.6 Å².